The second kappa shape index (κ2) is 7.65. The predicted molar refractivity (Wildman–Crippen MR) is 84.1 cm³/mol. The van der Waals surface area contributed by atoms with Crippen molar-refractivity contribution in [2.45, 2.75) is 25.8 Å². The van der Waals surface area contributed by atoms with Crippen LogP contribution in [-0.2, 0) is 4.79 Å². The molecule has 0 spiro atoms. The van der Waals surface area contributed by atoms with E-state index >= 15 is 0 Å². The van der Waals surface area contributed by atoms with Crippen molar-refractivity contribution in [3.63, 3.8) is 0 Å². The van der Waals surface area contributed by atoms with Crippen LogP contribution in [0.5, 0.6) is 0 Å². The number of aromatic nitrogens is 2. The van der Waals surface area contributed by atoms with Crippen LogP contribution in [0.1, 0.15) is 22.6 Å². The van der Waals surface area contributed by atoms with Crippen LogP contribution in [0.25, 0.3) is 5.69 Å². The third-order valence-corrected chi connectivity index (χ3v) is 3.34. The number of aryl methyl sites for hydroxylation is 1. The summed E-state index contributed by atoms with van der Waals surface area (Å²) in [5.41, 5.74) is -0.273. The molecule has 1 aromatic carbocycles. The molecule has 0 saturated carbocycles. The van der Waals surface area contributed by atoms with Crippen LogP contribution in [0.2, 0.25) is 0 Å². The van der Waals surface area contributed by atoms with Gasteiger partial charge in [0.15, 0.2) is 5.69 Å². The lowest BCUT2D eigenvalue weighted by atomic mass is 10.2. The number of alkyl halides is 2. The fraction of sp³-hybridized carbons (Fsp3) is 0.250. The number of nitrogens with zero attached hydrogens (tertiary/aromatic N) is 2. The molecule has 0 saturated heterocycles. The zero-order valence-corrected chi connectivity index (χ0v) is 13.1. The molecule has 2 N–H and O–H groups in total. The fourth-order valence-corrected chi connectivity index (χ4v) is 2.16. The van der Waals surface area contributed by atoms with E-state index in [0.29, 0.717) is 11.4 Å². The molecule has 9 heteroatoms. The maximum Gasteiger partial charge on any atom is 0.326 e. The van der Waals surface area contributed by atoms with Crippen molar-refractivity contribution < 1.29 is 23.5 Å². The molecule has 0 aliphatic heterocycles. The Morgan fingerprint density at radius 2 is 1.92 bits per heavy atom. The zero-order chi connectivity index (χ0) is 18.6. The van der Waals surface area contributed by atoms with E-state index in [4.69, 9.17) is 5.11 Å². The van der Waals surface area contributed by atoms with Crippen LogP contribution < -0.4 is 10.7 Å². The molecule has 0 aliphatic carbocycles. The van der Waals surface area contributed by atoms with Crippen LogP contribution in [0.4, 0.5) is 8.78 Å². The number of aliphatic carboxylic acids is 1. The minimum atomic E-state index is -2.92. The van der Waals surface area contributed by atoms with Crippen LogP contribution >= 0.6 is 0 Å². The van der Waals surface area contributed by atoms with Crippen molar-refractivity contribution in [3.05, 3.63) is 58.0 Å². The van der Waals surface area contributed by atoms with E-state index in [1.165, 1.54) is 4.68 Å². The summed E-state index contributed by atoms with van der Waals surface area (Å²) >= 11 is 0. The van der Waals surface area contributed by atoms with Crippen molar-refractivity contribution in [2.75, 3.05) is 0 Å². The number of carbonyl (C=O) groups is 2. The summed E-state index contributed by atoms with van der Waals surface area (Å²) in [4.78, 5) is 35.1. The highest BCUT2D eigenvalue weighted by Gasteiger charge is 2.26. The van der Waals surface area contributed by atoms with Gasteiger partial charge >= 0.3 is 5.97 Å². The Hall–Kier alpha value is -3.10. The van der Waals surface area contributed by atoms with Gasteiger partial charge in [0.1, 0.15) is 6.04 Å². The number of carboxylic acid groups (broad SMARTS) is 1. The Balaban J connectivity index is 2.37. The molecular formula is C16H15F2N3O4. The molecule has 1 amide bonds. The first kappa shape index (κ1) is 18.2. The molecule has 25 heavy (non-hydrogen) atoms. The Labute approximate surface area is 140 Å². The second-order valence-electron chi connectivity index (χ2n) is 5.24. The van der Waals surface area contributed by atoms with E-state index in [0.717, 1.165) is 6.07 Å². The Bertz CT molecular complexity index is 837. The highest BCUT2D eigenvalue weighted by molar-refractivity contribution is 5.94. The van der Waals surface area contributed by atoms with Gasteiger partial charge in [-0.1, -0.05) is 18.2 Å². The van der Waals surface area contributed by atoms with Gasteiger partial charge in [-0.05, 0) is 19.1 Å². The van der Waals surface area contributed by atoms with E-state index < -0.39 is 41.9 Å². The number of hydrogen-bond donors (Lipinski definition) is 2. The predicted octanol–water partition coefficient (Wildman–Crippen LogP) is 1.38. The molecule has 132 valence electrons. The van der Waals surface area contributed by atoms with E-state index in [9.17, 15) is 23.2 Å². The topological polar surface area (TPSA) is 101 Å². The largest absolute Gasteiger partial charge is 0.480 e. The number of nitrogens with one attached hydrogen (secondary N) is 1. The number of hydrogen-bond acceptors (Lipinski definition) is 4. The Morgan fingerprint density at radius 1 is 1.28 bits per heavy atom. The van der Waals surface area contributed by atoms with Gasteiger partial charge < -0.3 is 10.4 Å². The lowest BCUT2D eigenvalue weighted by Crippen LogP contribution is -2.44. The first-order chi connectivity index (χ1) is 11.8. The van der Waals surface area contributed by atoms with Crippen molar-refractivity contribution in [2.24, 2.45) is 0 Å². The van der Waals surface area contributed by atoms with Gasteiger partial charge in [0.25, 0.3) is 5.91 Å². The van der Waals surface area contributed by atoms with Crippen LogP contribution in [0, 0.1) is 6.92 Å². The molecule has 0 fully saturated rings. The van der Waals surface area contributed by atoms with E-state index in [2.05, 4.69) is 5.10 Å². The standard InChI is InChI=1S/C16H15F2N3O4/c1-9-7-12(22)14(20-21(9)10-5-3-2-4-6-10)15(23)19-11(16(24)25)8-13(17)18/h2-7,11,13H,8H2,1H3,(H,19,23)(H,24,25). The SMILES string of the molecule is Cc1cc(=O)c(C(=O)NC(CC(F)F)C(=O)O)nn1-c1ccccc1. The van der Waals surface area contributed by atoms with E-state index in [1.54, 1.807) is 37.3 Å². The maximum absolute atomic E-state index is 12.4. The van der Waals surface area contributed by atoms with Crippen molar-refractivity contribution in [1.82, 2.24) is 15.1 Å². The average molecular weight is 351 g/mol. The zero-order valence-electron chi connectivity index (χ0n) is 13.1. The monoisotopic (exact) mass is 351 g/mol. The Morgan fingerprint density at radius 3 is 2.48 bits per heavy atom. The molecule has 0 aliphatic rings. The first-order valence-electron chi connectivity index (χ1n) is 7.28. The summed E-state index contributed by atoms with van der Waals surface area (Å²) in [5, 5.41) is 14.8. The fourth-order valence-electron chi connectivity index (χ4n) is 2.16. The molecule has 1 unspecified atom stereocenters. The maximum atomic E-state index is 12.4. The highest BCUT2D eigenvalue weighted by atomic mass is 19.3. The summed E-state index contributed by atoms with van der Waals surface area (Å²) in [7, 11) is 0. The molecule has 7 nitrogen and oxygen atoms in total. The molecule has 0 bridgehead atoms. The molecule has 2 rings (SSSR count). The normalized spacial score (nSPS) is 12.0. The van der Waals surface area contributed by atoms with Crippen LogP contribution in [0.3, 0.4) is 0 Å². The minimum Gasteiger partial charge on any atom is -0.480 e. The minimum absolute atomic E-state index is 0.454. The summed E-state index contributed by atoms with van der Waals surface area (Å²) in [6.07, 6.45) is -3.99. The number of para-hydroxylation sites is 1. The third-order valence-electron chi connectivity index (χ3n) is 3.34. The summed E-state index contributed by atoms with van der Waals surface area (Å²) in [6, 6.07) is 7.98. The molecule has 0 radical (unpaired) electrons. The van der Waals surface area contributed by atoms with Gasteiger partial charge in [0.2, 0.25) is 11.9 Å². The number of rotatable bonds is 6. The van der Waals surface area contributed by atoms with Gasteiger partial charge in [0, 0.05) is 18.2 Å². The van der Waals surface area contributed by atoms with Gasteiger partial charge in [0.05, 0.1) is 5.69 Å². The number of carboxylic acids is 1. The number of halogens is 2. The van der Waals surface area contributed by atoms with Crippen LogP contribution in [-0.4, -0.2) is 39.2 Å². The van der Waals surface area contributed by atoms with E-state index in [1.807, 2.05) is 5.32 Å². The van der Waals surface area contributed by atoms with Gasteiger partial charge in [-0.3, -0.25) is 9.59 Å². The van der Waals surface area contributed by atoms with Gasteiger partial charge in [-0.25, -0.2) is 18.3 Å². The smallest absolute Gasteiger partial charge is 0.326 e. The van der Waals surface area contributed by atoms with E-state index in [-0.39, 0.29) is 0 Å². The van der Waals surface area contributed by atoms with Crippen molar-refractivity contribution in [3.8, 4) is 5.69 Å². The second-order valence-corrected chi connectivity index (χ2v) is 5.24. The lowest BCUT2D eigenvalue weighted by Gasteiger charge is -2.15. The average Bonchev–Trinajstić information content (AvgIpc) is 2.54. The Kier molecular flexibility index (Phi) is 5.58. The van der Waals surface area contributed by atoms with Gasteiger partial charge in [-0.2, -0.15) is 5.10 Å². The molecule has 1 heterocycles. The number of carbonyl (C=O) groups excluding carboxylic acids is 1. The number of benzene rings is 1. The molecular weight excluding hydrogens is 336 g/mol. The van der Waals surface area contributed by atoms with Crippen molar-refractivity contribution >= 4 is 11.9 Å². The summed E-state index contributed by atoms with van der Waals surface area (Å²) in [5.74, 6) is -2.74. The summed E-state index contributed by atoms with van der Waals surface area (Å²) in [6.45, 7) is 1.61. The van der Waals surface area contributed by atoms with Crippen molar-refractivity contribution in [1.29, 1.82) is 0 Å². The lowest BCUT2D eigenvalue weighted by molar-refractivity contribution is -0.140. The highest BCUT2D eigenvalue weighted by Crippen LogP contribution is 2.09. The molecule has 1 aromatic heterocycles. The van der Waals surface area contributed by atoms with Crippen LogP contribution in [0.15, 0.2) is 41.2 Å². The third kappa shape index (κ3) is 4.46. The first-order valence-corrected chi connectivity index (χ1v) is 7.28. The number of amides is 1. The summed E-state index contributed by atoms with van der Waals surface area (Å²) < 4.78 is 26.2. The van der Waals surface area contributed by atoms with Gasteiger partial charge in [-0.15, -0.1) is 0 Å². The quantitative estimate of drug-likeness (QED) is 0.819. The molecule has 2 aromatic rings. The molecule has 1 atom stereocenters.